The van der Waals surface area contributed by atoms with Gasteiger partial charge in [-0.25, -0.2) is 14.4 Å². The molecule has 2 aromatic carbocycles. The van der Waals surface area contributed by atoms with Gasteiger partial charge >= 0.3 is 0 Å². The van der Waals surface area contributed by atoms with Crippen LogP contribution in [0.2, 0.25) is 5.02 Å². The van der Waals surface area contributed by atoms with E-state index in [0.717, 1.165) is 11.6 Å². The van der Waals surface area contributed by atoms with Gasteiger partial charge in [0.25, 0.3) is 17.7 Å². The zero-order valence-corrected chi connectivity index (χ0v) is 19.5. The summed E-state index contributed by atoms with van der Waals surface area (Å²) in [6.07, 6.45) is 2.83. The lowest BCUT2D eigenvalue weighted by molar-refractivity contribution is -0.118. The molecule has 1 aliphatic heterocycles. The average Bonchev–Trinajstić information content (AvgIpc) is 3.19. The zero-order valence-electron chi connectivity index (χ0n) is 18.8. The third-order valence-corrected chi connectivity index (χ3v) is 5.82. The summed E-state index contributed by atoms with van der Waals surface area (Å²) in [7, 11) is 1.69. The van der Waals surface area contributed by atoms with Crippen molar-refractivity contribution in [2.24, 2.45) is 7.05 Å². The van der Waals surface area contributed by atoms with Gasteiger partial charge in [-0.3, -0.25) is 14.4 Å². The topological polar surface area (TPSA) is 127 Å². The number of aryl methyl sites for hydroxylation is 1. The summed E-state index contributed by atoms with van der Waals surface area (Å²) in [4.78, 5) is 45.6. The van der Waals surface area contributed by atoms with E-state index in [1.165, 1.54) is 18.5 Å². The van der Waals surface area contributed by atoms with Crippen LogP contribution in [0, 0.1) is 5.82 Å². The molecule has 1 aliphatic rings. The second kappa shape index (κ2) is 9.27. The molecule has 0 saturated carbocycles. The Kier molecular flexibility index (Phi) is 5.98. The van der Waals surface area contributed by atoms with Crippen molar-refractivity contribution in [2.45, 2.75) is 6.54 Å². The summed E-state index contributed by atoms with van der Waals surface area (Å²) in [5, 5.41) is 8.08. The minimum absolute atomic E-state index is 0.0381. The van der Waals surface area contributed by atoms with Crippen LogP contribution < -0.4 is 20.7 Å². The average molecular weight is 509 g/mol. The van der Waals surface area contributed by atoms with Crippen molar-refractivity contribution in [2.75, 3.05) is 17.2 Å². The van der Waals surface area contributed by atoms with Crippen LogP contribution in [-0.2, 0) is 18.4 Å². The fraction of sp³-hybridized carbons (Fsp3) is 0.125. The first-order chi connectivity index (χ1) is 17.3. The number of anilines is 2. The van der Waals surface area contributed by atoms with Gasteiger partial charge in [0.1, 0.15) is 28.9 Å². The second-order valence-corrected chi connectivity index (χ2v) is 8.41. The highest BCUT2D eigenvalue weighted by Gasteiger charge is 2.21. The Morgan fingerprint density at radius 2 is 2.03 bits per heavy atom. The number of benzene rings is 2. The molecule has 3 heterocycles. The predicted octanol–water partition coefficient (Wildman–Crippen LogP) is 3.27. The third kappa shape index (κ3) is 4.43. The van der Waals surface area contributed by atoms with Gasteiger partial charge in [0.05, 0.1) is 16.4 Å². The molecule has 0 spiro atoms. The summed E-state index contributed by atoms with van der Waals surface area (Å²) in [6.45, 7) is 0.135. The quantitative estimate of drug-likeness (QED) is 0.380. The molecule has 2 aromatic heterocycles. The molecule has 36 heavy (non-hydrogen) atoms. The molecule has 10 nitrogen and oxygen atoms in total. The number of carbonyl (C=O) groups is 3. The van der Waals surface area contributed by atoms with E-state index in [9.17, 15) is 18.8 Å². The van der Waals surface area contributed by atoms with E-state index in [1.54, 1.807) is 36.0 Å². The fourth-order valence-corrected chi connectivity index (χ4v) is 4.01. The third-order valence-electron chi connectivity index (χ3n) is 5.53. The first kappa shape index (κ1) is 23.2. The van der Waals surface area contributed by atoms with Gasteiger partial charge in [0.15, 0.2) is 12.3 Å². The first-order valence-corrected chi connectivity index (χ1v) is 11.1. The van der Waals surface area contributed by atoms with E-state index in [-0.39, 0.29) is 35.3 Å². The van der Waals surface area contributed by atoms with Crippen molar-refractivity contribution in [3.05, 3.63) is 76.6 Å². The second-order valence-electron chi connectivity index (χ2n) is 8.01. The molecule has 3 N–H and O–H groups in total. The normalized spacial score (nSPS) is 12.5. The van der Waals surface area contributed by atoms with Gasteiger partial charge in [-0.1, -0.05) is 17.7 Å². The number of ether oxygens (including phenoxy) is 1. The highest BCUT2D eigenvalue weighted by molar-refractivity contribution is 6.31. The number of halogens is 2. The summed E-state index contributed by atoms with van der Waals surface area (Å²) in [5.41, 5.74) is 2.67. The van der Waals surface area contributed by atoms with Crippen LogP contribution in [0.15, 0.2) is 48.9 Å². The van der Waals surface area contributed by atoms with Crippen LogP contribution in [-0.4, -0.2) is 38.9 Å². The zero-order chi connectivity index (χ0) is 25.4. The van der Waals surface area contributed by atoms with Crippen molar-refractivity contribution in [3.63, 3.8) is 0 Å². The number of fused-ring (bicyclic) bond motifs is 2. The molecule has 0 unspecified atom stereocenters. The van der Waals surface area contributed by atoms with Gasteiger partial charge in [0, 0.05) is 25.4 Å². The van der Waals surface area contributed by atoms with Crippen molar-refractivity contribution in [1.29, 1.82) is 0 Å². The highest BCUT2D eigenvalue weighted by atomic mass is 35.5. The monoisotopic (exact) mass is 508 g/mol. The molecule has 182 valence electrons. The lowest BCUT2D eigenvalue weighted by Crippen LogP contribution is -2.26. The van der Waals surface area contributed by atoms with E-state index in [4.69, 9.17) is 16.3 Å². The molecule has 4 aromatic rings. The van der Waals surface area contributed by atoms with Gasteiger partial charge in [-0.05, 0) is 35.9 Å². The Morgan fingerprint density at radius 1 is 1.19 bits per heavy atom. The smallest absolute Gasteiger partial charge is 0.272 e. The Bertz CT molecular complexity index is 1550. The molecule has 0 saturated heterocycles. The molecule has 0 aliphatic carbocycles. The number of hydrogen-bond acceptors (Lipinski definition) is 6. The standard InChI is InChI=1S/C24H18ClFN6O4/c1-32-9-17(31-23(34)13-3-4-15(26)14(25)7-13)20-22(32)21(29-11-28-20)24(35)27-8-12-2-5-18-16(6-12)30-19(33)10-36-18/h2-7,9,11H,8,10H2,1H3,(H,27,35)(H,30,33)(H,31,34). The fourth-order valence-electron chi connectivity index (χ4n) is 3.83. The Balaban J connectivity index is 1.35. The molecule has 3 amide bonds. The number of aromatic nitrogens is 3. The SMILES string of the molecule is Cn1cc(NC(=O)c2ccc(F)c(Cl)c2)c2ncnc(C(=O)NCc3ccc4c(c3)NC(=O)CO4)c21. The molecule has 0 fully saturated rings. The van der Waals surface area contributed by atoms with Crippen molar-refractivity contribution in [3.8, 4) is 5.75 Å². The molecular weight excluding hydrogens is 491 g/mol. The number of nitrogens with zero attached hydrogens (tertiary/aromatic N) is 3. The Morgan fingerprint density at radius 3 is 2.83 bits per heavy atom. The van der Waals surface area contributed by atoms with E-state index in [2.05, 4.69) is 25.9 Å². The maximum atomic E-state index is 13.4. The van der Waals surface area contributed by atoms with E-state index in [1.807, 2.05) is 0 Å². The van der Waals surface area contributed by atoms with Crippen LogP contribution in [0.4, 0.5) is 15.8 Å². The van der Waals surface area contributed by atoms with E-state index >= 15 is 0 Å². The molecule has 0 radical (unpaired) electrons. The predicted molar refractivity (Wildman–Crippen MR) is 130 cm³/mol. The minimum atomic E-state index is -0.629. The summed E-state index contributed by atoms with van der Waals surface area (Å²) in [6, 6.07) is 8.87. The van der Waals surface area contributed by atoms with Gasteiger partial charge < -0.3 is 25.3 Å². The van der Waals surface area contributed by atoms with E-state index < -0.39 is 17.6 Å². The number of amides is 3. The lowest BCUT2D eigenvalue weighted by atomic mass is 10.1. The van der Waals surface area contributed by atoms with Crippen LogP contribution in [0.3, 0.4) is 0 Å². The largest absolute Gasteiger partial charge is 0.482 e. The van der Waals surface area contributed by atoms with Gasteiger partial charge in [-0.15, -0.1) is 0 Å². The van der Waals surface area contributed by atoms with Crippen molar-refractivity contribution < 1.29 is 23.5 Å². The maximum absolute atomic E-state index is 13.4. The van der Waals surface area contributed by atoms with Crippen LogP contribution >= 0.6 is 11.6 Å². The van der Waals surface area contributed by atoms with Crippen molar-refractivity contribution in [1.82, 2.24) is 19.9 Å². The summed E-state index contributed by atoms with van der Waals surface area (Å²) < 4.78 is 20.4. The summed E-state index contributed by atoms with van der Waals surface area (Å²) in [5.74, 6) is -1.29. The Labute approximate surface area is 208 Å². The Hall–Kier alpha value is -4.51. The van der Waals surface area contributed by atoms with Crippen LogP contribution in [0.5, 0.6) is 5.75 Å². The molecule has 0 bridgehead atoms. The lowest BCUT2D eigenvalue weighted by Gasteiger charge is -2.18. The number of hydrogen-bond donors (Lipinski definition) is 3. The maximum Gasteiger partial charge on any atom is 0.272 e. The minimum Gasteiger partial charge on any atom is -0.482 e. The molecule has 5 rings (SSSR count). The highest BCUT2D eigenvalue weighted by Crippen LogP contribution is 2.29. The molecule has 0 atom stereocenters. The number of nitrogens with one attached hydrogen (secondary N) is 3. The number of rotatable bonds is 5. The number of carbonyl (C=O) groups excluding carboxylic acids is 3. The summed E-state index contributed by atoms with van der Waals surface area (Å²) >= 11 is 5.78. The van der Waals surface area contributed by atoms with Gasteiger partial charge in [-0.2, -0.15) is 0 Å². The van der Waals surface area contributed by atoms with Crippen LogP contribution in [0.25, 0.3) is 11.0 Å². The van der Waals surface area contributed by atoms with Crippen molar-refractivity contribution >= 4 is 51.7 Å². The first-order valence-electron chi connectivity index (χ1n) is 10.7. The van der Waals surface area contributed by atoms with E-state index in [0.29, 0.717) is 28.2 Å². The molecule has 12 heteroatoms. The van der Waals surface area contributed by atoms with Gasteiger partial charge in [0.2, 0.25) is 0 Å². The molecular formula is C24H18ClFN6O4. The van der Waals surface area contributed by atoms with Crippen LogP contribution in [0.1, 0.15) is 26.4 Å².